The first kappa shape index (κ1) is 15.1. The molecule has 116 valence electrons. The summed E-state index contributed by atoms with van der Waals surface area (Å²) in [7, 11) is 0. The SMILES string of the molecule is Cc1ccc(CC2CC(N)CN(c3ccc(C)cc3)C2)cc1. The Morgan fingerprint density at radius 3 is 2.14 bits per heavy atom. The van der Waals surface area contributed by atoms with Crippen LogP contribution in [0.1, 0.15) is 23.1 Å². The number of benzene rings is 2. The van der Waals surface area contributed by atoms with Gasteiger partial charge in [0, 0.05) is 24.8 Å². The molecule has 2 aromatic rings. The fourth-order valence-corrected chi connectivity index (χ4v) is 3.42. The van der Waals surface area contributed by atoms with Gasteiger partial charge in [0.05, 0.1) is 0 Å². The molecule has 0 amide bonds. The molecule has 22 heavy (non-hydrogen) atoms. The molecule has 0 bridgehead atoms. The van der Waals surface area contributed by atoms with Gasteiger partial charge in [-0.1, -0.05) is 47.5 Å². The number of nitrogens with zero attached hydrogens (tertiary/aromatic N) is 1. The van der Waals surface area contributed by atoms with Gasteiger partial charge in [0.25, 0.3) is 0 Å². The standard InChI is InChI=1S/C20H26N2/c1-15-3-7-17(8-4-15)11-18-12-19(21)14-22(13-18)20-9-5-16(2)6-10-20/h3-10,18-19H,11-14,21H2,1-2H3. The Morgan fingerprint density at radius 2 is 1.50 bits per heavy atom. The molecule has 0 spiro atoms. The monoisotopic (exact) mass is 294 g/mol. The van der Waals surface area contributed by atoms with Gasteiger partial charge in [0.1, 0.15) is 0 Å². The van der Waals surface area contributed by atoms with Crippen LogP contribution in [0.4, 0.5) is 5.69 Å². The van der Waals surface area contributed by atoms with Crippen molar-refractivity contribution in [2.45, 2.75) is 32.7 Å². The second-order valence-corrected chi connectivity index (χ2v) is 6.79. The summed E-state index contributed by atoms with van der Waals surface area (Å²) in [6, 6.07) is 18.0. The van der Waals surface area contributed by atoms with E-state index in [0.29, 0.717) is 5.92 Å². The largest absolute Gasteiger partial charge is 0.370 e. The van der Waals surface area contributed by atoms with Crippen LogP contribution in [0.15, 0.2) is 48.5 Å². The first-order chi connectivity index (χ1) is 10.6. The smallest absolute Gasteiger partial charge is 0.0367 e. The highest BCUT2D eigenvalue weighted by Crippen LogP contribution is 2.25. The van der Waals surface area contributed by atoms with Crippen LogP contribution in [0.25, 0.3) is 0 Å². The van der Waals surface area contributed by atoms with Crippen LogP contribution in [0.2, 0.25) is 0 Å². The van der Waals surface area contributed by atoms with E-state index in [1.54, 1.807) is 0 Å². The lowest BCUT2D eigenvalue weighted by atomic mass is 9.88. The summed E-state index contributed by atoms with van der Waals surface area (Å²) >= 11 is 0. The molecule has 0 aromatic heterocycles. The highest BCUT2D eigenvalue weighted by atomic mass is 15.2. The van der Waals surface area contributed by atoms with E-state index in [9.17, 15) is 0 Å². The van der Waals surface area contributed by atoms with Crippen LogP contribution in [0.3, 0.4) is 0 Å². The van der Waals surface area contributed by atoms with Gasteiger partial charge < -0.3 is 10.6 Å². The summed E-state index contributed by atoms with van der Waals surface area (Å²) in [6.45, 7) is 6.34. The molecule has 1 aliphatic heterocycles. The number of hydrogen-bond donors (Lipinski definition) is 1. The number of nitrogens with two attached hydrogens (primary N) is 1. The van der Waals surface area contributed by atoms with Crippen molar-refractivity contribution in [2.24, 2.45) is 11.7 Å². The zero-order valence-electron chi connectivity index (χ0n) is 13.6. The van der Waals surface area contributed by atoms with Crippen LogP contribution in [0.5, 0.6) is 0 Å². The quantitative estimate of drug-likeness (QED) is 0.935. The number of anilines is 1. The second-order valence-electron chi connectivity index (χ2n) is 6.79. The van der Waals surface area contributed by atoms with E-state index in [0.717, 1.165) is 25.9 Å². The van der Waals surface area contributed by atoms with Crippen LogP contribution in [0, 0.1) is 19.8 Å². The summed E-state index contributed by atoms with van der Waals surface area (Å²) in [5, 5.41) is 0. The highest BCUT2D eigenvalue weighted by Gasteiger charge is 2.25. The minimum atomic E-state index is 0.269. The Balaban J connectivity index is 1.70. The minimum absolute atomic E-state index is 0.269. The molecule has 2 aromatic carbocycles. The predicted molar refractivity (Wildman–Crippen MR) is 94.4 cm³/mol. The van der Waals surface area contributed by atoms with E-state index in [4.69, 9.17) is 5.73 Å². The lowest BCUT2D eigenvalue weighted by molar-refractivity contribution is 0.374. The predicted octanol–water partition coefficient (Wildman–Crippen LogP) is 3.70. The van der Waals surface area contributed by atoms with Crippen molar-refractivity contribution in [1.29, 1.82) is 0 Å². The number of aryl methyl sites for hydroxylation is 2. The van der Waals surface area contributed by atoms with Gasteiger partial charge in [-0.05, 0) is 50.3 Å². The first-order valence-corrected chi connectivity index (χ1v) is 8.23. The van der Waals surface area contributed by atoms with Crippen molar-refractivity contribution < 1.29 is 0 Å². The number of rotatable bonds is 3. The molecular weight excluding hydrogens is 268 g/mol. The normalized spacial score (nSPS) is 21.9. The molecule has 2 nitrogen and oxygen atoms in total. The zero-order chi connectivity index (χ0) is 15.5. The van der Waals surface area contributed by atoms with Crippen molar-refractivity contribution in [1.82, 2.24) is 0 Å². The van der Waals surface area contributed by atoms with Gasteiger partial charge >= 0.3 is 0 Å². The molecule has 0 saturated carbocycles. The lowest BCUT2D eigenvalue weighted by Gasteiger charge is -2.38. The third kappa shape index (κ3) is 3.69. The van der Waals surface area contributed by atoms with Gasteiger partial charge in [0.15, 0.2) is 0 Å². The number of piperidine rings is 1. The van der Waals surface area contributed by atoms with Crippen molar-refractivity contribution >= 4 is 5.69 Å². The van der Waals surface area contributed by atoms with Crippen LogP contribution < -0.4 is 10.6 Å². The van der Waals surface area contributed by atoms with Crippen molar-refractivity contribution in [2.75, 3.05) is 18.0 Å². The topological polar surface area (TPSA) is 29.3 Å². The summed E-state index contributed by atoms with van der Waals surface area (Å²) < 4.78 is 0. The first-order valence-electron chi connectivity index (χ1n) is 8.23. The minimum Gasteiger partial charge on any atom is -0.370 e. The van der Waals surface area contributed by atoms with E-state index in [2.05, 4.69) is 67.3 Å². The molecule has 2 heteroatoms. The van der Waals surface area contributed by atoms with E-state index in [1.165, 1.54) is 22.4 Å². The van der Waals surface area contributed by atoms with Gasteiger partial charge in [-0.15, -0.1) is 0 Å². The van der Waals surface area contributed by atoms with Gasteiger partial charge in [-0.2, -0.15) is 0 Å². The number of hydrogen-bond acceptors (Lipinski definition) is 2. The van der Waals surface area contributed by atoms with Crippen LogP contribution in [-0.2, 0) is 6.42 Å². The molecule has 1 fully saturated rings. The molecule has 3 rings (SSSR count). The van der Waals surface area contributed by atoms with Crippen LogP contribution >= 0.6 is 0 Å². The fraction of sp³-hybridized carbons (Fsp3) is 0.400. The van der Waals surface area contributed by atoms with E-state index >= 15 is 0 Å². The van der Waals surface area contributed by atoms with Crippen molar-refractivity contribution in [3.05, 3.63) is 65.2 Å². The summed E-state index contributed by atoms with van der Waals surface area (Å²) in [5.74, 6) is 0.632. The van der Waals surface area contributed by atoms with Gasteiger partial charge in [0.2, 0.25) is 0 Å². The Labute approximate surface area is 134 Å². The maximum Gasteiger partial charge on any atom is 0.0367 e. The van der Waals surface area contributed by atoms with Gasteiger partial charge in [-0.25, -0.2) is 0 Å². The maximum absolute atomic E-state index is 6.32. The maximum atomic E-state index is 6.32. The molecule has 2 unspecified atom stereocenters. The summed E-state index contributed by atoms with van der Waals surface area (Å²) in [5.41, 5.74) is 11.7. The third-order valence-electron chi connectivity index (χ3n) is 4.61. The van der Waals surface area contributed by atoms with Gasteiger partial charge in [-0.3, -0.25) is 0 Å². The molecular formula is C20H26N2. The molecule has 2 atom stereocenters. The van der Waals surface area contributed by atoms with Crippen molar-refractivity contribution in [3.63, 3.8) is 0 Å². The second kappa shape index (κ2) is 6.53. The van der Waals surface area contributed by atoms with E-state index < -0.39 is 0 Å². The highest BCUT2D eigenvalue weighted by molar-refractivity contribution is 5.48. The van der Waals surface area contributed by atoms with E-state index in [-0.39, 0.29) is 6.04 Å². The Kier molecular flexibility index (Phi) is 4.49. The molecule has 0 radical (unpaired) electrons. The molecule has 2 N–H and O–H groups in total. The van der Waals surface area contributed by atoms with Crippen LogP contribution in [-0.4, -0.2) is 19.1 Å². The fourth-order valence-electron chi connectivity index (χ4n) is 3.42. The zero-order valence-corrected chi connectivity index (χ0v) is 13.6. The van der Waals surface area contributed by atoms with E-state index in [1.807, 2.05) is 0 Å². The Morgan fingerprint density at radius 1 is 0.909 bits per heavy atom. The third-order valence-corrected chi connectivity index (χ3v) is 4.61. The lowest BCUT2D eigenvalue weighted by Crippen LogP contribution is -2.47. The Bertz CT molecular complexity index is 601. The summed E-state index contributed by atoms with van der Waals surface area (Å²) in [6.07, 6.45) is 2.24. The molecule has 1 saturated heterocycles. The van der Waals surface area contributed by atoms with Crippen molar-refractivity contribution in [3.8, 4) is 0 Å². The average Bonchev–Trinajstić information content (AvgIpc) is 2.50. The molecule has 1 heterocycles. The average molecular weight is 294 g/mol. The molecule has 0 aliphatic carbocycles. The summed E-state index contributed by atoms with van der Waals surface area (Å²) in [4.78, 5) is 2.45. The Hall–Kier alpha value is -1.80. The molecule has 1 aliphatic rings.